The minimum Gasteiger partial charge on any atom is -0.212 e. The molecule has 0 aliphatic heterocycles. The fourth-order valence-corrected chi connectivity index (χ4v) is 4.11. The zero-order valence-electron chi connectivity index (χ0n) is 8.87. The summed E-state index contributed by atoms with van der Waals surface area (Å²) in [6.45, 7) is 0. The first-order valence-electron chi connectivity index (χ1n) is 5.08. The van der Waals surface area contributed by atoms with Gasteiger partial charge in [0.1, 0.15) is 0 Å². The van der Waals surface area contributed by atoms with Gasteiger partial charge in [-0.15, -0.1) is 0 Å². The van der Waals surface area contributed by atoms with Crippen LogP contribution in [0.15, 0.2) is 30.3 Å². The molecular formula is C11H11ClF2O2S. The summed E-state index contributed by atoms with van der Waals surface area (Å²) in [6.07, 6.45) is -0.925. The number of benzene rings is 1. The smallest absolute Gasteiger partial charge is 0.212 e. The van der Waals surface area contributed by atoms with Crippen molar-refractivity contribution in [1.29, 1.82) is 0 Å². The standard InChI is InChI=1S/C11H11ClF2O2S/c12-17(15,16)8-10(6-11(13,14)7-10)9-4-2-1-3-5-9/h1-5H,6-8H2. The Morgan fingerprint density at radius 1 is 1.18 bits per heavy atom. The molecule has 0 bridgehead atoms. The predicted octanol–water partition coefficient (Wildman–Crippen LogP) is 2.92. The first kappa shape index (κ1) is 12.8. The average molecular weight is 281 g/mol. The molecule has 1 aromatic rings. The summed E-state index contributed by atoms with van der Waals surface area (Å²) in [4.78, 5) is 0. The van der Waals surface area contributed by atoms with Crippen molar-refractivity contribution in [2.75, 3.05) is 5.75 Å². The summed E-state index contributed by atoms with van der Waals surface area (Å²) in [5.41, 5.74) is -0.430. The van der Waals surface area contributed by atoms with Crippen molar-refractivity contribution in [2.24, 2.45) is 0 Å². The molecule has 0 unspecified atom stereocenters. The Kier molecular flexibility index (Phi) is 2.94. The van der Waals surface area contributed by atoms with E-state index in [0.29, 0.717) is 5.56 Å². The topological polar surface area (TPSA) is 34.1 Å². The van der Waals surface area contributed by atoms with Crippen molar-refractivity contribution in [3.05, 3.63) is 35.9 Å². The third kappa shape index (κ3) is 2.77. The lowest BCUT2D eigenvalue weighted by atomic mass is 9.63. The first-order valence-corrected chi connectivity index (χ1v) is 7.56. The molecule has 2 rings (SSSR count). The number of hydrogen-bond donors (Lipinski definition) is 0. The lowest BCUT2D eigenvalue weighted by Gasteiger charge is -2.47. The molecule has 1 aliphatic rings. The quantitative estimate of drug-likeness (QED) is 0.798. The third-order valence-corrected chi connectivity index (χ3v) is 4.25. The van der Waals surface area contributed by atoms with Crippen LogP contribution in [0.25, 0.3) is 0 Å². The summed E-state index contributed by atoms with van der Waals surface area (Å²) in [7, 11) is 1.40. The molecular weight excluding hydrogens is 270 g/mol. The van der Waals surface area contributed by atoms with Gasteiger partial charge in [0.05, 0.1) is 5.75 Å². The largest absolute Gasteiger partial charge is 0.249 e. The van der Waals surface area contributed by atoms with Gasteiger partial charge >= 0.3 is 0 Å². The van der Waals surface area contributed by atoms with Crippen LogP contribution in [0.1, 0.15) is 18.4 Å². The van der Waals surface area contributed by atoms with E-state index in [9.17, 15) is 17.2 Å². The van der Waals surface area contributed by atoms with Crippen molar-refractivity contribution >= 4 is 19.7 Å². The Morgan fingerprint density at radius 3 is 2.12 bits per heavy atom. The van der Waals surface area contributed by atoms with E-state index < -0.39 is 39.0 Å². The minimum atomic E-state index is -3.80. The number of alkyl halides is 2. The zero-order chi connectivity index (χ0) is 12.7. The summed E-state index contributed by atoms with van der Waals surface area (Å²) in [5, 5.41) is 0. The Balaban J connectivity index is 2.34. The monoisotopic (exact) mass is 280 g/mol. The second kappa shape index (κ2) is 3.92. The molecule has 1 aromatic carbocycles. The Morgan fingerprint density at radius 2 is 1.71 bits per heavy atom. The molecule has 0 heterocycles. The summed E-state index contributed by atoms with van der Waals surface area (Å²) >= 11 is 0. The van der Waals surface area contributed by atoms with E-state index in [1.807, 2.05) is 0 Å². The molecule has 0 aromatic heterocycles. The summed E-state index contributed by atoms with van der Waals surface area (Å²) in [6, 6.07) is 8.49. The van der Waals surface area contributed by atoms with Gasteiger partial charge in [0.15, 0.2) is 0 Å². The van der Waals surface area contributed by atoms with E-state index in [-0.39, 0.29) is 0 Å². The molecule has 0 N–H and O–H groups in total. The van der Waals surface area contributed by atoms with Crippen LogP contribution in [-0.4, -0.2) is 20.1 Å². The van der Waals surface area contributed by atoms with Crippen LogP contribution in [0.2, 0.25) is 0 Å². The van der Waals surface area contributed by atoms with Crippen LogP contribution in [0.3, 0.4) is 0 Å². The molecule has 17 heavy (non-hydrogen) atoms. The molecule has 1 fully saturated rings. The molecule has 0 radical (unpaired) electrons. The van der Waals surface area contributed by atoms with Gasteiger partial charge in [-0.1, -0.05) is 30.3 Å². The summed E-state index contributed by atoms with van der Waals surface area (Å²) < 4.78 is 48.4. The SMILES string of the molecule is O=S(=O)(Cl)CC1(c2ccccc2)CC(F)(F)C1. The van der Waals surface area contributed by atoms with E-state index in [1.54, 1.807) is 30.3 Å². The van der Waals surface area contributed by atoms with Gasteiger partial charge in [-0.2, -0.15) is 0 Å². The second-order valence-corrected chi connectivity index (χ2v) is 7.32. The normalized spacial score (nSPS) is 21.8. The van der Waals surface area contributed by atoms with Crippen LogP contribution >= 0.6 is 10.7 Å². The minimum absolute atomic E-state index is 0.443. The van der Waals surface area contributed by atoms with Crippen molar-refractivity contribution in [2.45, 2.75) is 24.2 Å². The van der Waals surface area contributed by atoms with Crippen LogP contribution in [0, 0.1) is 0 Å². The maximum atomic E-state index is 13.1. The Hall–Kier alpha value is -0.680. The van der Waals surface area contributed by atoms with E-state index in [2.05, 4.69) is 0 Å². The molecule has 0 saturated heterocycles. The van der Waals surface area contributed by atoms with Gasteiger partial charge in [-0.3, -0.25) is 0 Å². The molecule has 94 valence electrons. The van der Waals surface area contributed by atoms with Crippen LogP contribution in [0.4, 0.5) is 8.78 Å². The maximum Gasteiger partial charge on any atom is 0.249 e. The van der Waals surface area contributed by atoms with Crippen LogP contribution in [-0.2, 0) is 14.5 Å². The second-order valence-electron chi connectivity index (χ2n) is 4.54. The number of halogens is 3. The average Bonchev–Trinajstić information content (AvgIpc) is 2.13. The Labute approximate surface area is 103 Å². The van der Waals surface area contributed by atoms with E-state index >= 15 is 0 Å². The highest BCUT2D eigenvalue weighted by Gasteiger charge is 2.58. The van der Waals surface area contributed by atoms with Crippen molar-refractivity contribution in [3.63, 3.8) is 0 Å². The zero-order valence-corrected chi connectivity index (χ0v) is 10.4. The third-order valence-electron chi connectivity index (χ3n) is 3.03. The molecule has 1 aliphatic carbocycles. The summed E-state index contributed by atoms with van der Waals surface area (Å²) in [5.74, 6) is -3.24. The lowest BCUT2D eigenvalue weighted by molar-refractivity contribution is -0.119. The van der Waals surface area contributed by atoms with Gasteiger partial charge in [0.2, 0.25) is 15.0 Å². The van der Waals surface area contributed by atoms with Crippen molar-refractivity contribution < 1.29 is 17.2 Å². The van der Waals surface area contributed by atoms with Crippen molar-refractivity contribution in [3.8, 4) is 0 Å². The molecule has 0 atom stereocenters. The Bertz CT molecular complexity index is 506. The van der Waals surface area contributed by atoms with Crippen LogP contribution < -0.4 is 0 Å². The number of rotatable bonds is 3. The molecule has 0 spiro atoms. The number of hydrogen-bond acceptors (Lipinski definition) is 2. The molecule has 2 nitrogen and oxygen atoms in total. The van der Waals surface area contributed by atoms with Gasteiger partial charge in [0.25, 0.3) is 0 Å². The van der Waals surface area contributed by atoms with Crippen LogP contribution in [0.5, 0.6) is 0 Å². The van der Waals surface area contributed by atoms with Gasteiger partial charge in [0, 0.05) is 28.9 Å². The fourth-order valence-electron chi connectivity index (χ4n) is 2.45. The predicted molar refractivity (Wildman–Crippen MR) is 61.9 cm³/mol. The molecule has 0 amide bonds. The van der Waals surface area contributed by atoms with E-state index in [1.165, 1.54) is 0 Å². The maximum absolute atomic E-state index is 13.1. The van der Waals surface area contributed by atoms with Crippen molar-refractivity contribution in [1.82, 2.24) is 0 Å². The highest BCUT2D eigenvalue weighted by molar-refractivity contribution is 8.13. The van der Waals surface area contributed by atoms with Gasteiger partial charge in [-0.05, 0) is 5.56 Å². The first-order chi connectivity index (χ1) is 7.73. The van der Waals surface area contributed by atoms with E-state index in [4.69, 9.17) is 10.7 Å². The highest BCUT2D eigenvalue weighted by atomic mass is 35.7. The van der Waals surface area contributed by atoms with Gasteiger partial charge < -0.3 is 0 Å². The van der Waals surface area contributed by atoms with Gasteiger partial charge in [-0.25, -0.2) is 17.2 Å². The fraction of sp³-hybridized carbons (Fsp3) is 0.455. The molecule has 6 heteroatoms. The van der Waals surface area contributed by atoms with E-state index in [0.717, 1.165) is 0 Å². The lowest BCUT2D eigenvalue weighted by Crippen LogP contribution is -2.52. The highest BCUT2D eigenvalue weighted by Crippen LogP contribution is 2.54. The molecule has 1 saturated carbocycles.